The lowest BCUT2D eigenvalue weighted by Crippen LogP contribution is -2.28. The zero-order valence-electron chi connectivity index (χ0n) is 17.3. The SMILES string of the molecule is CC#CCOc1ccc(CN(Cc2cccnc2)C(=O)C=Cc2cccc(F)c2)cc1. The fraction of sp³-hybridized carbons (Fsp3) is 0.154. The number of ether oxygens (including phenoxy) is 1. The maximum absolute atomic E-state index is 13.4. The Morgan fingerprint density at radius 2 is 1.90 bits per heavy atom. The second kappa shape index (κ2) is 11.3. The Kier molecular flexibility index (Phi) is 7.96. The highest BCUT2D eigenvalue weighted by Crippen LogP contribution is 2.16. The van der Waals surface area contributed by atoms with Gasteiger partial charge in [-0.15, -0.1) is 5.92 Å². The van der Waals surface area contributed by atoms with Crippen molar-refractivity contribution in [1.82, 2.24) is 9.88 Å². The van der Waals surface area contributed by atoms with Crippen LogP contribution in [0.5, 0.6) is 5.75 Å². The van der Waals surface area contributed by atoms with Gasteiger partial charge in [-0.3, -0.25) is 9.78 Å². The number of nitrogens with zero attached hydrogens (tertiary/aromatic N) is 2. The molecule has 0 fully saturated rings. The van der Waals surface area contributed by atoms with Crippen molar-refractivity contribution in [3.05, 3.63) is 102 Å². The summed E-state index contributed by atoms with van der Waals surface area (Å²) >= 11 is 0. The van der Waals surface area contributed by atoms with Crippen LogP contribution in [0.3, 0.4) is 0 Å². The molecule has 0 unspecified atom stereocenters. The van der Waals surface area contributed by atoms with Gasteiger partial charge in [0.2, 0.25) is 5.91 Å². The van der Waals surface area contributed by atoms with Gasteiger partial charge < -0.3 is 9.64 Å². The van der Waals surface area contributed by atoms with Crippen molar-refractivity contribution in [1.29, 1.82) is 0 Å². The minimum Gasteiger partial charge on any atom is -0.481 e. The monoisotopic (exact) mass is 414 g/mol. The van der Waals surface area contributed by atoms with Crippen LogP contribution >= 0.6 is 0 Å². The standard InChI is InChI=1S/C26H23FN2O2/c1-2-3-16-31-25-12-9-22(10-13-25)19-29(20-23-7-5-15-28-18-23)26(30)14-11-21-6-4-8-24(27)17-21/h4-15,17-18H,16,19-20H2,1H3. The van der Waals surface area contributed by atoms with Crippen LogP contribution in [0.1, 0.15) is 23.6 Å². The highest BCUT2D eigenvalue weighted by atomic mass is 19.1. The van der Waals surface area contributed by atoms with E-state index in [9.17, 15) is 9.18 Å². The molecular weight excluding hydrogens is 391 g/mol. The molecule has 0 radical (unpaired) electrons. The number of hydrogen-bond acceptors (Lipinski definition) is 3. The summed E-state index contributed by atoms with van der Waals surface area (Å²) in [6, 6.07) is 17.5. The summed E-state index contributed by atoms with van der Waals surface area (Å²) in [5.74, 6) is 5.85. The number of hydrogen-bond donors (Lipinski definition) is 0. The maximum atomic E-state index is 13.4. The second-order valence-corrected chi connectivity index (χ2v) is 6.80. The molecule has 3 rings (SSSR count). The maximum Gasteiger partial charge on any atom is 0.247 e. The van der Waals surface area contributed by atoms with E-state index in [0.717, 1.165) is 16.9 Å². The van der Waals surface area contributed by atoms with Crippen molar-refractivity contribution < 1.29 is 13.9 Å². The van der Waals surface area contributed by atoms with E-state index in [1.807, 2.05) is 36.4 Å². The Labute approximate surface area is 182 Å². The number of carbonyl (C=O) groups is 1. The zero-order valence-corrected chi connectivity index (χ0v) is 17.3. The zero-order chi connectivity index (χ0) is 21.9. The predicted molar refractivity (Wildman–Crippen MR) is 119 cm³/mol. The molecule has 1 amide bonds. The Morgan fingerprint density at radius 1 is 1.10 bits per heavy atom. The topological polar surface area (TPSA) is 42.4 Å². The van der Waals surface area contributed by atoms with Gasteiger partial charge in [-0.25, -0.2) is 4.39 Å². The van der Waals surface area contributed by atoms with Crippen molar-refractivity contribution in [2.75, 3.05) is 6.61 Å². The van der Waals surface area contributed by atoms with Gasteiger partial charge in [-0.1, -0.05) is 36.3 Å². The van der Waals surface area contributed by atoms with Gasteiger partial charge in [0, 0.05) is 31.6 Å². The first kappa shape index (κ1) is 21.8. The lowest BCUT2D eigenvalue weighted by Gasteiger charge is -2.21. The van der Waals surface area contributed by atoms with E-state index in [1.165, 1.54) is 18.2 Å². The molecule has 31 heavy (non-hydrogen) atoms. The summed E-state index contributed by atoms with van der Waals surface area (Å²) < 4.78 is 18.9. The van der Waals surface area contributed by atoms with E-state index in [2.05, 4.69) is 16.8 Å². The lowest BCUT2D eigenvalue weighted by atomic mass is 10.1. The number of aromatic nitrogens is 1. The van der Waals surface area contributed by atoms with Gasteiger partial charge in [0.15, 0.2) is 0 Å². The number of pyridine rings is 1. The molecular formula is C26H23FN2O2. The first-order valence-corrected chi connectivity index (χ1v) is 9.87. The average Bonchev–Trinajstić information content (AvgIpc) is 2.79. The molecule has 0 aliphatic heterocycles. The van der Waals surface area contributed by atoms with Crippen LogP contribution in [-0.2, 0) is 17.9 Å². The molecule has 0 aliphatic rings. The van der Waals surface area contributed by atoms with Crippen molar-refractivity contribution in [3.8, 4) is 17.6 Å². The van der Waals surface area contributed by atoms with Crippen LogP contribution in [0.2, 0.25) is 0 Å². The third kappa shape index (κ3) is 7.13. The minimum absolute atomic E-state index is 0.174. The van der Waals surface area contributed by atoms with Crippen LogP contribution in [0.4, 0.5) is 4.39 Å². The molecule has 0 saturated heterocycles. The third-order valence-electron chi connectivity index (χ3n) is 4.46. The molecule has 1 heterocycles. The van der Waals surface area contributed by atoms with E-state index in [4.69, 9.17) is 4.74 Å². The fourth-order valence-electron chi connectivity index (χ4n) is 2.91. The molecule has 0 aliphatic carbocycles. The molecule has 0 saturated carbocycles. The van der Waals surface area contributed by atoms with Gasteiger partial charge in [0.1, 0.15) is 18.2 Å². The Balaban J connectivity index is 1.74. The molecule has 2 aromatic carbocycles. The van der Waals surface area contributed by atoms with Gasteiger partial charge in [0.05, 0.1) is 0 Å². The number of rotatable bonds is 8. The van der Waals surface area contributed by atoms with E-state index in [-0.39, 0.29) is 11.7 Å². The predicted octanol–water partition coefficient (Wildman–Crippen LogP) is 4.87. The summed E-state index contributed by atoms with van der Waals surface area (Å²) in [5.41, 5.74) is 2.52. The van der Waals surface area contributed by atoms with Gasteiger partial charge in [-0.2, -0.15) is 0 Å². The number of halogens is 1. The van der Waals surface area contributed by atoms with E-state index >= 15 is 0 Å². The Morgan fingerprint density at radius 3 is 2.61 bits per heavy atom. The molecule has 1 aromatic heterocycles. The normalized spacial score (nSPS) is 10.4. The fourth-order valence-corrected chi connectivity index (χ4v) is 2.91. The van der Waals surface area contributed by atoms with Crippen molar-refractivity contribution in [3.63, 3.8) is 0 Å². The van der Waals surface area contributed by atoms with Gasteiger partial charge >= 0.3 is 0 Å². The summed E-state index contributed by atoms with van der Waals surface area (Å²) in [4.78, 5) is 18.8. The van der Waals surface area contributed by atoms with Gasteiger partial charge in [0.25, 0.3) is 0 Å². The van der Waals surface area contributed by atoms with Crippen LogP contribution in [0.25, 0.3) is 6.08 Å². The van der Waals surface area contributed by atoms with E-state index < -0.39 is 0 Å². The minimum atomic E-state index is -0.339. The summed E-state index contributed by atoms with van der Waals surface area (Å²) in [7, 11) is 0. The van der Waals surface area contributed by atoms with Gasteiger partial charge in [-0.05, 0) is 60.0 Å². The smallest absolute Gasteiger partial charge is 0.247 e. The molecule has 4 nitrogen and oxygen atoms in total. The van der Waals surface area contributed by atoms with Crippen LogP contribution < -0.4 is 4.74 Å². The molecule has 0 spiro atoms. The highest BCUT2D eigenvalue weighted by Gasteiger charge is 2.13. The Hall–Kier alpha value is -3.91. The summed E-state index contributed by atoms with van der Waals surface area (Å²) in [6.45, 7) is 2.93. The first-order chi connectivity index (χ1) is 15.1. The highest BCUT2D eigenvalue weighted by molar-refractivity contribution is 5.91. The van der Waals surface area contributed by atoms with E-state index in [0.29, 0.717) is 25.3 Å². The molecule has 156 valence electrons. The third-order valence-corrected chi connectivity index (χ3v) is 4.46. The van der Waals surface area contributed by atoms with Crippen molar-refractivity contribution >= 4 is 12.0 Å². The second-order valence-electron chi connectivity index (χ2n) is 6.80. The number of amides is 1. The largest absolute Gasteiger partial charge is 0.481 e. The molecule has 0 N–H and O–H groups in total. The number of benzene rings is 2. The van der Waals surface area contributed by atoms with Crippen LogP contribution in [0.15, 0.2) is 79.1 Å². The molecule has 3 aromatic rings. The average molecular weight is 414 g/mol. The summed E-state index contributed by atoms with van der Waals surface area (Å²) in [5, 5.41) is 0. The number of carbonyl (C=O) groups excluding carboxylic acids is 1. The Bertz CT molecular complexity index is 1080. The van der Waals surface area contributed by atoms with Crippen LogP contribution in [-0.4, -0.2) is 22.4 Å². The molecule has 0 atom stereocenters. The van der Waals surface area contributed by atoms with Crippen molar-refractivity contribution in [2.24, 2.45) is 0 Å². The van der Waals surface area contributed by atoms with E-state index in [1.54, 1.807) is 42.4 Å². The molecule has 5 heteroatoms. The lowest BCUT2D eigenvalue weighted by molar-refractivity contribution is -0.127. The van der Waals surface area contributed by atoms with Crippen molar-refractivity contribution in [2.45, 2.75) is 20.0 Å². The quantitative estimate of drug-likeness (QED) is 0.390. The summed E-state index contributed by atoms with van der Waals surface area (Å²) in [6.07, 6.45) is 6.52. The first-order valence-electron chi connectivity index (χ1n) is 9.87. The van der Waals surface area contributed by atoms with Crippen LogP contribution in [0, 0.1) is 17.7 Å². The molecule has 0 bridgehead atoms.